The number of benzene rings is 1. The summed E-state index contributed by atoms with van der Waals surface area (Å²) >= 11 is 0. The Labute approximate surface area is 113 Å². The van der Waals surface area contributed by atoms with Gasteiger partial charge in [-0.25, -0.2) is 5.43 Å². The molecule has 1 unspecified atom stereocenters. The summed E-state index contributed by atoms with van der Waals surface area (Å²) in [5.41, 5.74) is 6.20. The molecule has 1 aromatic carbocycles. The van der Waals surface area contributed by atoms with Crippen LogP contribution in [0.4, 0.5) is 0 Å². The van der Waals surface area contributed by atoms with Crippen LogP contribution in [0.3, 0.4) is 0 Å². The Morgan fingerprint density at radius 1 is 1.26 bits per heavy atom. The van der Waals surface area contributed by atoms with Gasteiger partial charge < -0.3 is 4.74 Å². The van der Waals surface area contributed by atoms with Crippen molar-refractivity contribution in [3.05, 3.63) is 59.4 Å². The second-order valence-electron chi connectivity index (χ2n) is 4.27. The van der Waals surface area contributed by atoms with Crippen molar-refractivity contribution in [1.82, 2.24) is 10.4 Å². The van der Waals surface area contributed by atoms with Gasteiger partial charge in [0.15, 0.2) is 0 Å². The first-order valence-corrected chi connectivity index (χ1v) is 6.33. The van der Waals surface area contributed by atoms with E-state index < -0.39 is 0 Å². The number of hydrogen-bond acceptors (Lipinski definition) is 4. The molecule has 1 aromatic heterocycles. The SMILES string of the molecule is CCc1cnccc1C(NN)c1ccccc1OC. The van der Waals surface area contributed by atoms with Gasteiger partial charge in [0.1, 0.15) is 5.75 Å². The standard InChI is InChI=1S/C15H19N3O/c1-3-11-10-17-9-8-12(11)15(18-16)13-6-4-5-7-14(13)19-2/h4-10,15,18H,3,16H2,1-2H3. The first kappa shape index (κ1) is 13.5. The zero-order valence-corrected chi connectivity index (χ0v) is 11.3. The summed E-state index contributed by atoms with van der Waals surface area (Å²) in [6, 6.07) is 9.78. The van der Waals surface area contributed by atoms with E-state index >= 15 is 0 Å². The molecule has 0 aliphatic heterocycles. The fraction of sp³-hybridized carbons (Fsp3) is 0.267. The Balaban J connectivity index is 2.50. The third-order valence-electron chi connectivity index (χ3n) is 3.25. The summed E-state index contributed by atoms with van der Waals surface area (Å²) in [7, 11) is 1.67. The lowest BCUT2D eigenvalue weighted by molar-refractivity contribution is 0.404. The number of nitrogens with two attached hydrogens (primary N) is 1. The van der Waals surface area contributed by atoms with E-state index in [9.17, 15) is 0 Å². The van der Waals surface area contributed by atoms with Crippen molar-refractivity contribution in [2.24, 2.45) is 5.84 Å². The molecule has 2 rings (SSSR count). The van der Waals surface area contributed by atoms with Crippen molar-refractivity contribution in [2.45, 2.75) is 19.4 Å². The molecule has 3 N–H and O–H groups in total. The Bertz CT molecular complexity index is 495. The van der Waals surface area contributed by atoms with E-state index in [1.165, 1.54) is 5.56 Å². The average molecular weight is 257 g/mol. The third-order valence-corrected chi connectivity index (χ3v) is 3.25. The monoisotopic (exact) mass is 257 g/mol. The van der Waals surface area contributed by atoms with E-state index in [1.807, 2.05) is 36.5 Å². The Morgan fingerprint density at radius 3 is 2.74 bits per heavy atom. The van der Waals surface area contributed by atoms with Crippen LogP contribution in [0.5, 0.6) is 5.75 Å². The van der Waals surface area contributed by atoms with Crippen LogP contribution < -0.4 is 16.0 Å². The molecule has 0 fully saturated rings. The van der Waals surface area contributed by atoms with Crippen LogP contribution in [0.15, 0.2) is 42.7 Å². The average Bonchev–Trinajstić information content (AvgIpc) is 2.49. The molecule has 1 atom stereocenters. The van der Waals surface area contributed by atoms with Crippen LogP contribution >= 0.6 is 0 Å². The van der Waals surface area contributed by atoms with E-state index in [0.717, 1.165) is 23.3 Å². The van der Waals surface area contributed by atoms with Gasteiger partial charge in [0, 0.05) is 18.0 Å². The van der Waals surface area contributed by atoms with Crippen molar-refractivity contribution >= 4 is 0 Å². The molecule has 0 saturated carbocycles. The normalized spacial score (nSPS) is 12.2. The van der Waals surface area contributed by atoms with E-state index in [2.05, 4.69) is 17.3 Å². The van der Waals surface area contributed by atoms with Gasteiger partial charge in [-0.1, -0.05) is 25.1 Å². The second kappa shape index (κ2) is 6.31. The highest BCUT2D eigenvalue weighted by atomic mass is 16.5. The van der Waals surface area contributed by atoms with Gasteiger partial charge >= 0.3 is 0 Å². The van der Waals surface area contributed by atoms with Gasteiger partial charge in [0.25, 0.3) is 0 Å². The van der Waals surface area contributed by atoms with Gasteiger partial charge in [-0.05, 0) is 29.7 Å². The number of hydrazine groups is 1. The molecule has 0 saturated heterocycles. The van der Waals surface area contributed by atoms with Gasteiger partial charge in [-0.2, -0.15) is 0 Å². The summed E-state index contributed by atoms with van der Waals surface area (Å²) in [5.74, 6) is 6.58. The molecule has 4 nitrogen and oxygen atoms in total. The van der Waals surface area contributed by atoms with Crippen molar-refractivity contribution in [3.63, 3.8) is 0 Å². The summed E-state index contributed by atoms with van der Waals surface area (Å²) < 4.78 is 5.41. The highest BCUT2D eigenvalue weighted by molar-refractivity contribution is 5.43. The van der Waals surface area contributed by atoms with Gasteiger partial charge in [0.05, 0.1) is 13.2 Å². The number of nitrogens with one attached hydrogen (secondary N) is 1. The number of aryl methyl sites for hydroxylation is 1. The maximum absolute atomic E-state index is 5.76. The van der Waals surface area contributed by atoms with Crippen molar-refractivity contribution in [3.8, 4) is 5.75 Å². The number of ether oxygens (including phenoxy) is 1. The number of para-hydroxylation sites is 1. The summed E-state index contributed by atoms with van der Waals surface area (Å²) in [4.78, 5) is 4.17. The van der Waals surface area contributed by atoms with E-state index in [4.69, 9.17) is 10.6 Å². The molecule has 2 aromatic rings. The van der Waals surface area contributed by atoms with Crippen molar-refractivity contribution in [1.29, 1.82) is 0 Å². The Morgan fingerprint density at radius 2 is 2.05 bits per heavy atom. The van der Waals surface area contributed by atoms with E-state index in [-0.39, 0.29) is 6.04 Å². The highest BCUT2D eigenvalue weighted by Crippen LogP contribution is 2.30. The molecule has 0 radical (unpaired) electrons. The van der Waals surface area contributed by atoms with E-state index in [1.54, 1.807) is 13.3 Å². The fourth-order valence-electron chi connectivity index (χ4n) is 2.27. The minimum absolute atomic E-state index is 0.103. The lowest BCUT2D eigenvalue weighted by Crippen LogP contribution is -2.30. The third kappa shape index (κ3) is 2.75. The molecule has 0 bridgehead atoms. The fourth-order valence-corrected chi connectivity index (χ4v) is 2.27. The molecular formula is C15H19N3O. The maximum atomic E-state index is 5.76. The van der Waals surface area contributed by atoms with Gasteiger partial charge in [-0.3, -0.25) is 10.8 Å². The summed E-state index contributed by atoms with van der Waals surface area (Å²) in [5, 5.41) is 0. The van der Waals surface area contributed by atoms with Gasteiger partial charge in [0.2, 0.25) is 0 Å². The smallest absolute Gasteiger partial charge is 0.124 e. The van der Waals surface area contributed by atoms with Gasteiger partial charge in [-0.15, -0.1) is 0 Å². The van der Waals surface area contributed by atoms with Crippen LogP contribution in [-0.2, 0) is 6.42 Å². The highest BCUT2D eigenvalue weighted by Gasteiger charge is 2.18. The molecule has 100 valence electrons. The Hall–Kier alpha value is -1.91. The molecule has 0 spiro atoms. The lowest BCUT2D eigenvalue weighted by atomic mass is 9.94. The first-order valence-electron chi connectivity index (χ1n) is 6.33. The predicted octanol–water partition coefficient (Wildman–Crippen LogP) is 2.21. The maximum Gasteiger partial charge on any atom is 0.124 e. The number of aromatic nitrogens is 1. The summed E-state index contributed by atoms with van der Waals surface area (Å²) in [6.45, 7) is 2.11. The van der Waals surface area contributed by atoms with E-state index in [0.29, 0.717) is 0 Å². The van der Waals surface area contributed by atoms with Crippen LogP contribution in [0.2, 0.25) is 0 Å². The first-order chi connectivity index (χ1) is 9.31. The van der Waals surface area contributed by atoms with Crippen molar-refractivity contribution < 1.29 is 4.74 Å². The van der Waals surface area contributed by atoms with Crippen LogP contribution in [0.25, 0.3) is 0 Å². The van der Waals surface area contributed by atoms with Crippen LogP contribution in [0.1, 0.15) is 29.7 Å². The minimum atomic E-state index is -0.103. The molecule has 4 heteroatoms. The second-order valence-corrected chi connectivity index (χ2v) is 4.27. The quantitative estimate of drug-likeness (QED) is 0.637. The minimum Gasteiger partial charge on any atom is -0.496 e. The van der Waals surface area contributed by atoms with Crippen LogP contribution in [0, 0.1) is 0 Å². The topological polar surface area (TPSA) is 60.2 Å². The molecular weight excluding hydrogens is 238 g/mol. The molecule has 0 aliphatic carbocycles. The van der Waals surface area contributed by atoms with Crippen LogP contribution in [-0.4, -0.2) is 12.1 Å². The number of methoxy groups -OCH3 is 1. The Kier molecular flexibility index (Phi) is 4.49. The number of hydrogen-bond donors (Lipinski definition) is 2. The predicted molar refractivity (Wildman–Crippen MR) is 75.8 cm³/mol. The van der Waals surface area contributed by atoms with Crippen molar-refractivity contribution in [2.75, 3.05) is 7.11 Å². The number of rotatable bonds is 5. The zero-order valence-electron chi connectivity index (χ0n) is 11.3. The number of nitrogens with zero attached hydrogens (tertiary/aromatic N) is 1. The largest absolute Gasteiger partial charge is 0.496 e. The lowest BCUT2D eigenvalue weighted by Gasteiger charge is -2.21. The molecule has 0 amide bonds. The zero-order chi connectivity index (χ0) is 13.7. The number of pyridine rings is 1. The molecule has 19 heavy (non-hydrogen) atoms. The molecule has 1 heterocycles. The molecule has 0 aliphatic rings. The summed E-state index contributed by atoms with van der Waals surface area (Å²) in [6.07, 6.45) is 4.58.